The molecule has 0 aromatic heterocycles. The summed E-state index contributed by atoms with van der Waals surface area (Å²) >= 11 is 3.30. The van der Waals surface area contributed by atoms with Crippen molar-refractivity contribution in [3.63, 3.8) is 0 Å². The minimum Gasteiger partial charge on any atom is -0.504 e. The van der Waals surface area contributed by atoms with Crippen LogP contribution in [0.1, 0.15) is 18.0 Å². The maximum atomic E-state index is 9.85. The number of nitrogens with two attached hydrogens (primary N) is 1. The van der Waals surface area contributed by atoms with E-state index in [1.807, 2.05) is 0 Å². The molecule has 0 aliphatic carbocycles. The van der Waals surface area contributed by atoms with Crippen LogP contribution in [-0.2, 0) is 0 Å². The minimum absolute atomic E-state index is 0.0211. The lowest BCUT2D eigenvalue weighted by Gasteiger charge is -2.16. The van der Waals surface area contributed by atoms with Crippen LogP contribution in [0.3, 0.4) is 0 Å². The van der Waals surface area contributed by atoms with Gasteiger partial charge in [-0.25, -0.2) is 0 Å². The monoisotopic (exact) mass is 275 g/mol. The number of aromatic hydroxyl groups is 1. The van der Waals surface area contributed by atoms with E-state index < -0.39 is 6.04 Å². The number of ether oxygens (including phenoxy) is 1. The zero-order chi connectivity index (χ0) is 11.4. The zero-order valence-electron chi connectivity index (χ0n) is 8.40. The summed E-state index contributed by atoms with van der Waals surface area (Å²) in [6.07, 6.45) is 0.388. The Bertz CT molecular complexity index is 344. The first-order chi connectivity index (χ1) is 7.11. The van der Waals surface area contributed by atoms with E-state index in [0.29, 0.717) is 22.2 Å². The van der Waals surface area contributed by atoms with Crippen LogP contribution >= 0.6 is 15.9 Å². The molecule has 1 rings (SSSR count). The SMILES string of the molecule is COc1ccc(Br)c([C@@H](N)CCO)c1O. The van der Waals surface area contributed by atoms with Gasteiger partial charge in [-0.05, 0) is 18.6 Å². The molecule has 1 aromatic rings. The fourth-order valence-electron chi connectivity index (χ4n) is 1.36. The summed E-state index contributed by atoms with van der Waals surface area (Å²) in [5.41, 5.74) is 6.38. The Morgan fingerprint density at radius 1 is 1.53 bits per heavy atom. The van der Waals surface area contributed by atoms with E-state index in [4.69, 9.17) is 15.6 Å². The molecule has 0 saturated heterocycles. The van der Waals surface area contributed by atoms with Crippen molar-refractivity contribution in [2.45, 2.75) is 12.5 Å². The second-order valence-corrected chi connectivity index (χ2v) is 3.99. The van der Waals surface area contributed by atoms with Crippen molar-refractivity contribution < 1.29 is 14.9 Å². The van der Waals surface area contributed by atoms with Gasteiger partial charge in [-0.3, -0.25) is 0 Å². The first-order valence-electron chi connectivity index (χ1n) is 4.53. The van der Waals surface area contributed by atoms with Gasteiger partial charge in [-0.15, -0.1) is 0 Å². The average Bonchev–Trinajstić information content (AvgIpc) is 2.18. The summed E-state index contributed by atoms with van der Waals surface area (Å²) in [5, 5.41) is 18.6. The van der Waals surface area contributed by atoms with Crippen molar-refractivity contribution >= 4 is 15.9 Å². The highest BCUT2D eigenvalue weighted by Crippen LogP contribution is 2.38. The molecule has 4 nitrogen and oxygen atoms in total. The molecule has 0 unspecified atom stereocenters. The van der Waals surface area contributed by atoms with Gasteiger partial charge in [0.2, 0.25) is 0 Å². The number of rotatable bonds is 4. The molecular formula is C10H14BrNO3. The highest BCUT2D eigenvalue weighted by molar-refractivity contribution is 9.10. The molecule has 0 heterocycles. The molecule has 15 heavy (non-hydrogen) atoms. The number of benzene rings is 1. The number of hydrogen-bond donors (Lipinski definition) is 3. The fraction of sp³-hybridized carbons (Fsp3) is 0.400. The summed E-state index contributed by atoms with van der Waals surface area (Å²) in [6, 6.07) is 2.99. The molecule has 0 aliphatic rings. The zero-order valence-corrected chi connectivity index (χ0v) is 9.99. The Balaban J connectivity index is 3.14. The Morgan fingerprint density at radius 3 is 2.73 bits per heavy atom. The van der Waals surface area contributed by atoms with Gasteiger partial charge in [0.25, 0.3) is 0 Å². The third-order valence-electron chi connectivity index (χ3n) is 2.16. The van der Waals surface area contributed by atoms with E-state index in [-0.39, 0.29) is 12.4 Å². The van der Waals surface area contributed by atoms with E-state index in [2.05, 4.69) is 15.9 Å². The Morgan fingerprint density at radius 2 is 2.20 bits per heavy atom. The minimum atomic E-state index is -0.417. The van der Waals surface area contributed by atoms with Crippen LogP contribution < -0.4 is 10.5 Å². The van der Waals surface area contributed by atoms with E-state index in [1.54, 1.807) is 12.1 Å². The number of aliphatic hydroxyl groups excluding tert-OH is 1. The smallest absolute Gasteiger partial charge is 0.163 e. The van der Waals surface area contributed by atoms with Crippen molar-refractivity contribution in [1.82, 2.24) is 0 Å². The second-order valence-electron chi connectivity index (χ2n) is 3.13. The van der Waals surface area contributed by atoms with Gasteiger partial charge >= 0.3 is 0 Å². The summed E-state index contributed by atoms with van der Waals surface area (Å²) in [4.78, 5) is 0. The van der Waals surface area contributed by atoms with Crippen LogP contribution in [0.2, 0.25) is 0 Å². The molecule has 1 aromatic carbocycles. The maximum Gasteiger partial charge on any atom is 0.163 e. The molecule has 0 fully saturated rings. The van der Waals surface area contributed by atoms with Gasteiger partial charge in [0, 0.05) is 22.7 Å². The van der Waals surface area contributed by atoms with Gasteiger partial charge in [0.15, 0.2) is 11.5 Å². The van der Waals surface area contributed by atoms with E-state index in [9.17, 15) is 5.11 Å². The Labute approximate surface area is 96.8 Å². The molecular weight excluding hydrogens is 262 g/mol. The normalized spacial score (nSPS) is 12.5. The number of aliphatic hydroxyl groups is 1. The van der Waals surface area contributed by atoms with Crippen LogP contribution in [0, 0.1) is 0 Å². The van der Waals surface area contributed by atoms with Crippen LogP contribution in [-0.4, -0.2) is 23.9 Å². The predicted octanol–water partition coefficient (Wildman–Crippen LogP) is 1.55. The maximum absolute atomic E-state index is 9.85. The molecule has 0 saturated carbocycles. The fourth-order valence-corrected chi connectivity index (χ4v) is 1.98. The molecule has 0 aliphatic heterocycles. The Kier molecular flexibility index (Phi) is 4.38. The van der Waals surface area contributed by atoms with E-state index in [0.717, 1.165) is 0 Å². The van der Waals surface area contributed by atoms with Gasteiger partial charge in [0.05, 0.1) is 7.11 Å². The van der Waals surface area contributed by atoms with Gasteiger partial charge in [-0.2, -0.15) is 0 Å². The number of methoxy groups -OCH3 is 1. The number of phenols is 1. The first kappa shape index (κ1) is 12.3. The highest BCUT2D eigenvalue weighted by Gasteiger charge is 2.17. The molecule has 84 valence electrons. The lowest BCUT2D eigenvalue weighted by Crippen LogP contribution is -2.13. The topological polar surface area (TPSA) is 75.7 Å². The van der Waals surface area contributed by atoms with Gasteiger partial charge in [0.1, 0.15) is 0 Å². The van der Waals surface area contributed by atoms with E-state index in [1.165, 1.54) is 7.11 Å². The van der Waals surface area contributed by atoms with Crippen molar-refractivity contribution in [3.05, 3.63) is 22.2 Å². The Hall–Kier alpha value is -0.780. The standard InChI is InChI=1S/C10H14BrNO3/c1-15-8-3-2-6(11)9(10(8)14)7(12)4-5-13/h2-3,7,13-14H,4-5,12H2,1H3/t7-/m0/s1. The lowest BCUT2D eigenvalue weighted by molar-refractivity contribution is 0.274. The van der Waals surface area contributed by atoms with Crippen LogP contribution in [0.5, 0.6) is 11.5 Å². The summed E-state index contributed by atoms with van der Waals surface area (Å²) in [6.45, 7) is -0.0236. The third kappa shape index (κ3) is 2.62. The summed E-state index contributed by atoms with van der Waals surface area (Å²) in [5.74, 6) is 0.398. The van der Waals surface area contributed by atoms with Crippen molar-refractivity contribution in [1.29, 1.82) is 0 Å². The van der Waals surface area contributed by atoms with Crippen molar-refractivity contribution in [3.8, 4) is 11.5 Å². The quantitative estimate of drug-likeness (QED) is 0.779. The largest absolute Gasteiger partial charge is 0.504 e. The lowest BCUT2D eigenvalue weighted by atomic mass is 10.0. The van der Waals surface area contributed by atoms with Gasteiger partial charge in [-0.1, -0.05) is 15.9 Å². The molecule has 0 amide bonds. The van der Waals surface area contributed by atoms with Crippen molar-refractivity contribution in [2.24, 2.45) is 5.73 Å². The number of phenolic OH excluding ortho intramolecular Hbond substituents is 1. The molecule has 0 radical (unpaired) electrons. The predicted molar refractivity (Wildman–Crippen MR) is 61.0 cm³/mol. The molecule has 1 atom stereocenters. The van der Waals surface area contributed by atoms with E-state index >= 15 is 0 Å². The van der Waals surface area contributed by atoms with Crippen LogP contribution in [0.4, 0.5) is 0 Å². The molecule has 0 bridgehead atoms. The molecule has 4 N–H and O–H groups in total. The summed E-state index contributed by atoms with van der Waals surface area (Å²) in [7, 11) is 1.48. The average molecular weight is 276 g/mol. The second kappa shape index (κ2) is 5.34. The van der Waals surface area contributed by atoms with Crippen LogP contribution in [0.15, 0.2) is 16.6 Å². The van der Waals surface area contributed by atoms with Crippen LogP contribution in [0.25, 0.3) is 0 Å². The van der Waals surface area contributed by atoms with Crippen molar-refractivity contribution in [2.75, 3.05) is 13.7 Å². The third-order valence-corrected chi connectivity index (χ3v) is 2.85. The number of halogens is 1. The number of hydrogen-bond acceptors (Lipinski definition) is 4. The first-order valence-corrected chi connectivity index (χ1v) is 5.33. The highest BCUT2D eigenvalue weighted by atomic mass is 79.9. The molecule has 0 spiro atoms. The summed E-state index contributed by atoms with van der Waals surface area (Å²) < 4.78 is 5.69. The van der Waals surface area contributed by atoms with Gasteiger partial charge < -0.3 is 20.7 Å². The molecule has 5 heteroatoms.